The Morgan fingerprint density at radius 2 is 0.949 bits per heavy atom. The number of hydrogen-bond acceptors (Lipinski definition) is 3. The molecule has 12 rings (SSSR count). The van der Waals surface area contributed by atoms with Crippen molar-refractivity contribution < 1.29 is 4.74 Å². The van der Waals surface area contributed by atoms with Crippen LogP contribution in [0.5, 0.6) is 11.5 Å². The second-order valence-electron chi connectivity index (χ2n) is 17.3. The lowest BCUT2D eigenvalue weighted by molar-refractivity contribution is 0.477. The smallest absolute Gasteiger partial charge is 0.151 e. The van der Waals surface area contributed by atoms with Gasteiger partial charge in [-0.25, -0.2) is 0 Å². The largest absolute Gasteiger partial charge is 0.453 e. The van der Waals surface area contributed by atoms with Crippen molar-refractivity contribution in [3.8, 4) is 22.6 Å². The minimum atomic E-state index is -1.75. The van der Waals surface area contributed by atoms with Gasteiger partial charge in [-0.15, -0.1) is 0 Å². The highest BCUT2D eigenvalue weighted by Crippen LogP contribution is 2.54. The predicted molar refractivity (Wildman–Crippen MR) is 250 cm³/mol. The van der Waals surface area contributed by atoms with Crippen molar-refractivity contribution >= 4 is 75.5 Å². The molecule has 0 N–H and O–H groups in total. The van der Waals surface area contributed by atoms with Crippen LogP contribution in [-0.4, -0.2) is 8.07 Å². The third kappa shape index (κ3) is 5.19. The molecule has 3 heterocycles. The highest BCUT2D eigenvalue weighted by atomic mass is 28.3. The summed E-state index contributed by atoms with van der Waals surface area (Å²) in [6, 6.07) is 65.7. The van der Waals surface area contributed by atoms with Crippen LogP contribution in [0.15, 0.2) is 170 Å². The molecule has 1 fully saturated rings. The Labute approximate surface area is 347 Å². The van der Waals surface area contributed by atoms with E-state index in [9.17, 15) is 0 Å². The number of anilines is 6. The summed E-state index contributed by atoms with van der Waals surface area (Å²) < 4.78 is 6.32. The minimum Gasteiger partial charge on any atom is -0.453 e. The quantitative estimate of drug-likeness (QED) is 0.131. The number of ether oxygens (including phenoxy) is 1. The van der Waals surface area contributed by atoms with E-state index in [4.69, 9.17) is 4.74 Å². The van der Waals surface area contributed by atoms with Crippen LogP contribution in [0, 0.1) is 0 Å². The number of hydrogen-bond donors (Lipinski definition) is 0. The SMILES string of the molecule is CC1(C)c2cc(/C=C/c3ccc4cc(N5c6ccccc6[Si]6(CCCC6)c6ccccc65)ccc4c3)ccc2-c2ccc(N3c4ccccc4Oc4ccccc43)cc21. The van der Waals surface area contributed by atoms with Crippen LogP contribution in [-0.2, 0) is 5.41 Å². The fraction of sp³-hybridized carbons (Fsp3) is 0.127. The molecule has 0 aromatic heterocycles. The Balaban J connectivity index is 0.842. The zero-order valence-corrected chi connectivity index (χ0v) is 34.5. The maximum atomic E-state index is 6.32. The van der Waals surface area contributed by atoms with E-state index in [1.807, 2.05) is 24.3 Å². The van der Waals surface area contributed by atoms with Crippen LogP contribution < -0.4 is 24.9 Å². The van der Waals surface area contributed by atoms with E-state index in [-0.39, 0.29) is 5.41 Å². The van der Waals surface area contributed by atoms with E-state index in [2.05, 4.69) is 181 Å². The number of benzene rings is 8. The Morgan fingerprint density at radius 3 is 1.63 bits per heavy atom. The van der Waals surface area contributed by atoms with E-state index in [1.54, 1.807) is 10.4 Å². The highest BCUT2D eigenvalue weighted by Gasteiger charge is 2.47. The van der Waals surface area contributed by atoms with Crippen molar-refractivity contribution in [3.05, 3.63) is 192 Å². The summed E-state index contributed by atoms with van der Waals surface area (Å²) in [5.74, 6) is 1.74. The summed E-state index contributed by atoms with van der Waals surface area (Å²) in [6.45, 7) is 4.73. The van der Waals surface area contributed by atoms with Gasteiger partial charge in [-0.2, -0.15) is 0 Å². The molecule has 8 aromatic carbocycles. The monoisotopic (exact) mass is 776 g/mol. The summed E-state index contributed by atoms with van der Waals surface area (Å²) in [6.07, 6.45) is 7.23. The summed E-state index contributed by atoms with van der Waals surface area (Å²) in [5, 5.41) is 5.74. The molecule has 3 nitrogen and oxygen atoms in total. The summed E-state index contributed by atoms with van der Waals surface area (Å²) in [5.41, 5.74) is 14.8. The van der Waals surface area contributed by atoms with Crippen molar-refractivity contribution in [3.63, 3.8) is 0 Å². The lowest BCUT2D eigenvalue weighted by Gasteiger charge is -2.42. The molecule has 1 saturated heterocycles. The van der Waals surface area contributed by atoms with Gasteiger partial charge < -0.3 is 14.5 Å². The molecule has 8 aromatic rings. The Morgan fingerprint density at radius 1 is 0.475 bits per heavy atom. The molecule has 284 valence electrons. The molecular formula is C55H44N2OSi. The average Bonchev–Trinajstić information content (AvgIpc) is 3.85. The van der Waals surface area contributed by atoms with Gasteiger partial charge in [-0.3, -0.25) is 0 Å². The zero-order chi connectivity index (χ0) is 39.3. The molecule has 3 aliphatic heterocycles. The maximum Gasteiger partial charge on any atom is 0.151 e. The second-order valence-corrected chi connectivity index (χ2v) is 21.6. The first-order chi connectivity index (χ1) is 29.0. The Kier molecular flexibility index (Phi) is 7.55. The molecule has 4 heteroatoms. The number of fused-ring (bicyclic) bond motifs is 10. The highest BCUT2D eigenvalue weighted by molar-refractivity contribution is 7.05. The fourth-order valence-electron chi connectivity index (χ4n) is 10.9. The van der Waals surface area contributed by atoms with Crippen LogP contribution in [0.1, 0.15) is 48.9 Å². The normalized spacial score (nSPS) is 16.3. The third-order valence-electron chi connectivity index (χ3n) is 13.7. The number of rotatable bonds is 4. The Bertz CT molecular complexity index is 2950. The molecule has 0 saturated carbocycles. The van der Waals surface area contributed by atoms with Gasteiger partial charge in [0.25, 0.3) is 0 Å². The third-order valence-corrected chi connectivity index (χ3v) is 19.0. The van der Waals surface area contributed by atoms with Gasteiger partial charge in [0, 0.05) is 28.2 Å². The van der Waals surface area contributed by atoms with Crippen molar-refractivity contribution in [2.75, 3.05) is 9.80 Å². The van der Waals surface area contributed by atoms with Crippen LogP contribution in [0.4, 0.5) is 34.1 Å². The topological polar surface area (TPSA) is 15.7 Å². The van der Waals surface area contributed by atoms with Gasteiger partial charge in [0.2, 0.25) is 0 Å². The molecular weight excluding hydrogens is 733 g/mol. The summed E-state index contributed by atoms with van der Waals surface area (Å²) >= 11 is 0. The molecule has 0 unspecified atom stereocenters. The minimum absolute atomic E-state index is 0.161. The van der Waals surface area contributed by atoms with Crippen LogP contribution in [0.2, 0.25) is 12.1 Å². The van der Waals surface area contributed by atoms with E-state index < -0.39 is 8.07 Å². The van der Waals surface area contributed by atoms with Crippen LogP contribution in [0.3, 0.4) is 0 Å². The van der Waals surface area contributed by atoms with Gasteiger partial charge >= 0.3 is 0 Å². The van der Waals surface area contributed by atoms with E-state index in [0.717, 1.165) is 28.6 Å². The fourth-order valence-corrected chi connectivity index (χ4v) is 16.4. The number of para-hydroxylation sites is 6. The van der Waals surface area contributed by atoms with E-state index >= 15 is 0 Å². The van der Waals surface area contributed by atoms with Crippen molar-refractivity contribution in [2.45, 2.75) is 44.2 Å². The van der Waals surface area contributed by atoms with Crippen LogP contribution in [0.25, 0.3) is 34.1 Å². The lowest BCUT2D eigenvalue weighted by atomic mass is 9.81. The van der Waals surface area contributed by atoms with Crippen molar-refractivity contribution in [2.24, 2.45) is 0 Å². The summed E-state index contributed by atoms with van der Waals surface area (Å²) in [4.78, 5) is 4.87. The molecule has 0 atom stereocenters. The van der Waals surface area contributed by atoms with Crippen LogP contribution >= 0.6 is 0 Å². The van der Waals surface area contributed by atoms with Gasteiger partial charge in [0.15, 0.2) is 11.5 Å². The van der Waals surface area contributed by atoms with E-state index in [0.29, 0.717) is 0 Å². The molecule has 0 bridgehead atoms. The summed E-state index contributed by atoms with van der Waals surface area (Å²) in [7, 11) is -1.75. The van der Waals surface area contributed by atoms with Crippen molar-refractivity contribution in [1.82, 2.24) is 0 Å². The second kappa shape index (κ2) is 12.9. The number of nitrogens with zero attached hydrogens (tertiary/aromatic N) is 2. The van der Waals surface area contributed by atoms with Gasteiger partial charge in [0.05, 0.1) is 11.4 Å². The molecule has 1 aliphatic carbocycles. The molecule has 0 amide bonds. The molecule has 1 spiro atoms. The van der Waals surface area contributed by atoms with Gasteiger partial charge in [0.1, 0.15) is 8.07 Å². The predicted octanol–water partition coefficient (Wildman–Crippen LogP) is 14.0. The van der Waals surface area contributed by atoms with E-state index in [1.165, 1.54) is 86.1 Å². The standard InChI is InChI=1S/C55H44N2OSi/c1-55(2)45-34-38(24-29-43(45)44-30-28-42(36-46(44)55)56-47-13-3-7-17-51(47)58-52-18-8-4-14-48(52)56)22-21-37-23-25-40-35-41(27-26-39(40)33-37)57-49-15-5-9-19-53(49)59(31-11-12-32-59)54-20-10-6-16-50(54)57/h3-10,13-30,33-36H,11-12,31-32H2,1-2H3/b22-21+. The lowest BCUT2D eigenvalue weighted by Crippen LogP contribution is -2.60. The zero-order valence-electron chi connectivity index (χ0n) is 33.5. The average molecular weight is 777 g/mol. The van der Waals surface area contributed by atoms with Gasteiger partial charge in [-0.05, 0) is 133 Å². The first kappa shape index (κ1) is 34.4. The Hall–Kier alpha value is -6.62. The molecule has 59 heavy (non-hydrogen) atoms. The molecule has 4 aliphatic rings. The first-order valence-electron chi connectivity index (χ1n) is 21.1. The van der Waals surface area contributed by atoms with Gasteiger partial charge in [-0.1, -0.05) is 142 Å². The molecule has 0 radical (unpaired) electrons. The first-order valence-corrected chi connectivity index (χ1v) is 23.5. The maximum absolute atomic E-state index is 6.32. The van der Waals surface area contributed by atoms with Crippen molar-refractivity contribution in [1.29, 1.82) is 0 Å².